The molecule has 0 saturated carbocycles. The molecular formula is C15H13ClO3. The second kappa shape index (κ2) is 5.33. The molecule has 4 heteroatoms. The summed E-state index contributed by atoms with van der Waals surface area (Å²) in [5.41, 5.74) is 2.29. The van der Waals surface area contributed by atoms with E-state index in [-0.39, 0.29) is 10.6 Å². The van der Waals surface area contributed by atoms with Gasteiger partial charge in [0.15, 0.2) is 0 Å². The van der Waals surface area contributed by atoms with Crippen LogP contribution in [0.1, 0.15) is 21.5 Å². The lowest BCUT2D eigenvalue weighted by Gasteiger charge is -2.11. The molecule has 3 nitrogen and oxygen atoms in total. The van der Waals surface area contributed by atoms with Crippen molar-refractivity contribution in [1.29, 1.82) is 0 Å². The van der Waals surface area contributed by atoms with Gasteiger partial charge in [0.05, 0.1) is 10.6 Å². The summed E-state index contributed by atoms with van der Waals surface area (Å²) >= 11 is 6.02. The third-order valence-electron chi connectivity index (χ3n) is 2.73. The predicted molar refractivity (Wildman–Crippen MR) is 74.4 cm³/mol. The molecule has 98 valence electrons. The standard InChI is InChI=1S/C15H13ClO3/c1-9-3-5-13(10(2)7-9)19-14-6-4-11(15(17)18)8-12(14)16/h3-8H,1-2H3,(H,17,18). The Labute approximate surface area is 116 Å². The van der Waals surface area contributed by atoms with Crippen molar-refractivity contribution in [3.05, 3.63) is 58.1 Å². The smallest absolute Gasteiger partial charge is 0.335 e. The van der Waals surface area contributed by atoms with Crippen molar-refractivity contribution in [2.75, 3.05) is 0 Å². The van der Waals surface area contributed by atoms with Crippen LogP contribution in [0.2, 0.25) is 5.02 Å². The summed E-state index contributed by atoms with van der Waals surface area (Å²) < 4.78 is 5.70. The molecule has 19 heavy (non-hydrogen) atoms. The van der Waals surface area contributed by atoms with Crippen molar-refractivity contribution in [2.45, 2.75) is 13.8 Å². The number of hydrogen-bond acceptors (Lipinski definition) is 2. The molecule has 0 atom stereocenters. The van der Waals surface area contributed by atoms with Crippen molar-refractivity contribution in [3.63, 3.8) is 0 Å². The first kappa shape index (κ1) is 13.4. The van der Waals surface area contributed by atoms with Crippen LogP contribution in [-0.4, -0.2) is 11.1 Å². The molecule has 0 heterocycles. The Bertz CT molecular complexity index is 635. The highest BCUT2D eigenvalue weighted by atomic mass is 35.5. The first-order valence-corrected chi connectivity index (χ1v) is 6.13. The maximum Gasteiger partial charge on any atom is 0.335 e. The summed E-state index contributed by atoms with van der Waals surface area (Å²) in [6.45, 7) is 3.95. The Morgan fingerprint density at radius 2 is 1.79 bits per heavy atom. The highest BCUT2D eigenvalue weighted by Gasteiger charge is 2.09. The Hall–Kier alpha value is -2.00. The van der Waals surface area contributed by atoms with Crippen LogP contribution in [-0.2, 0) is 0 Å². The van der Waals surface area contributed by atoms with E-state index >= 15 is 0 Å². The second-order valence-electron chi connectivity index (χ2n) is 4.32. The number of carbonyl (C=O) groups is 1. The molecule has 0 bridgehead atoms. The van der Waals surface area contributed by atoms with Gasteiger partial charge in [0.1, 0.15) is 11.5 Å². The molecule has 1 N–H and O–H groups in total. The fourth-order valence-electron chi connectivity index (χ4n) is 1.75. The molecule has 2 aromatic rings. The fourth-order valence-corrected chi connectivity index (χ4v) is 1.97. The van der Waals surface area contributed by atoms with Gasteiger partial charge in [0, 0.05) is 0 Å². The van der Waals surface area contributed by atoms with Crippen LogP contribution in [0.25, 0.3) is 0 Å². The number of aromatic carboxylic acids is 1. The molecule has 0 spiro atoms. The summed E-state index contributed by atoms with van der Waals surface area (Å²) in [6, 6.07) is 10.2. The monoisotopic (exact) mass is 276 g/mol. The van der Waals surface area contributed by atoms with Crippen LogP contribution in [0.4, 0.5) is 0 Å². The number of ether oxygens (including phenoxy) is 1. The molecule has 0 radical (unpaired) electrons. The topological polar surface area (TPSA) is 46.5 Å². The summed E-state index contributed by atoms with van der Waals surface area (Å²) in [6.07, 6.45) is 0. The molecule has 0 aliphatic rings. The van der Waals surface area contributed by atoms with E-state index in [1.165, 1.54) is 12.1 Å². The maximum absolute atomic E-state index is 10.8. The SMILES string of the molecule is Cc1ccc(Oc2ccc(C(=O)O)cc2Cl)c(C)c1. The van der Waals surface area contributed by atoms with E-state index < -0.39 is 5.97 Å². The average Bonchev–Trinajstić information content (AvgIpc) is 2.34. The highest BCUT2D eigenvalue weighted by Crippen LogP contribution is 2.32. The lowest BCUT2D eigenvalue weighted by molar-refractivity contribution is 0.0697. The molecule has 2 rings (SSSR count). The minimum Gasteiger partial charge on any atom is -0.478 e. The molecule has 0 aromatic heterocycles. The third-order valence-corrected chi connectivity index (χ3v) is 3.02. The van der Waals surface area contributed by atoms with Crippen LogP contribution in [0.5, 0.6) is 11.5 Å². The Kier molecular flexibility index (Phi) is 3.76. The molecule has 0 fully saturated rings. The van der Waals surface area contributed by atoms with Crippen molar-refractivity contribution >= 4 is 17.6 Å². The average molecular weight is 277 g/mol. The van der Waals surface area contributed by atoms with Gasteiger partial charge in [-0.15, -0.1) is 0 Å². The van der Waals surface area contributed by atoms with Crippen molar-refractivity contribution in [2.24, 2.45) is 0 Å². The van der Waals surface area contributed by atoms with E-state index in [2.05, 4.69) is 0 Å². The zero-order chi connectivity index (χ0) is 14.0. The highest BCUT2D eigenvalue weighted by molar-refractivity contribution is 6.32. The lowest BCUT2D eigenvalue weighted by atomic mass is 10.1. The number of rotatable bonds is 3. The normalized spacial score (nSPS) is 10.3. The molecule has 0 saturated heterocycles. The van der Waals surface area contributed by atoms with Crippen molar-refractivity contribution < 1.29 is 14.6 Å². The van der Waals surface area contributed by atoms with Crippen molar-refractivity contribution in [3.8, 4) is 11.5 Å². The fraction of sp³-hybridized carbons (Fsp3) is 0.133. The summed E-state index contributed by atoms with van der Waals surface area (Å²) in [5, 5.41) is 9.14. The number of carboxylic acid groups (broad SMARTS) is 1. The van der Waals surface area contributed by atoms with Crippen LogP contribution < -0.4 is 4.74 Å². The minimum absolute atomic E-state index is 0.137. The van der Waals surface area contributed by atoms with E-state index in [0.717, 1.165) is 11.1 Å². The number of hydrogen-bond donors (Lipinski definition) is 1. The summed E-state index contributed by atoms with van der Waals surface area (Å²) in [7, 11) is 0. The number of halogens is 1. The molecule has 0 aliphatic carbocycles. The van der Waals surface area contributed by atoms with E-state index in [9.17, 15) is 4.79 Å². The quantitative estimate of drug-likeness (QED) is 0.901. The van der Waals surface area contributed by atoms with Gasteiger partial charge in [-0.2, -0.15) is 0 Å². The van der Waals surface area contributed by atoms with Gasteiger partial charge in [-0.1, -0.05) is 29.3 Å². The first-order valence-electron chi connectivity index (χ1n) is 5.75. The Morgan fingerprint density at radius 1 is 1.11 bits per heavy atom. The van der Waals surface area contributed by atoms with E-state index in [4.69, 9.17) is 21.4 Å². The van der Waals surface area contributed by atoms with Gasteiger partial charge in [-0.05, 0) is 43.7 Å². The minimum atomic E-state index is -1.01. The molecule has 0 amide bonds. The van der Waals surface area contributed by atoms with Gasteiger partial charge in [-0.25, -0.2) is 4.79 Å². The van der Waals surface area contributed by atoms with Gasteiger partial charge >= 0.3 is 5.97 Å². The lowest BCUT2D eigenvalue weighted by Crippen LogP contribution is -1.96. The Morgan fingerprint density at radius 3 is 2.37 bits per heavy atom. The second-order valence-corrected chi connectivity index (χ2v) is 4.73. The summed E-state index contributed by atoms with van der Waals surface area (Å²) in [5.74, 6) is 0.133. The largest absolute Gasteiger partial charge is 0.478 e. The van der Waals surface area contributed by atoms with Gasteiger partial charge < -0.3 is 9.84 Å². The van der Waals surface area contributed by atoms with Gasteiger partial charge in [-0.3, -0.25) is 0 Å². The number of benzene rings is 2. The molecule has 2 aromatic carbocycles. The first-order chi connectivity index (χ1) is 8.97. The van der Waals surface area contributed by atoms with Crippen LogP contribution >= 0.6 is 11.6 Å². The molecule has 0 unspecified atom stereocenters. The predicted octanol–water partition coefficient (Wildman–Crippen LogP) is 4.45. The zero-order valence-corrected chi connectivity index (χ0v) is 11.4. The molecule has 0 aliphatic heterocycles. The number of aryl methyl sites for hydroxylation is 2. The van der Waals surface area contributed by atoms with Crippen molar-refractivity contribution in [1.82, 2.24) is 0 Å². The maximum atomic E-state index is 10.8. The van der Waals surface area contributed by atoms with E-state index in [1.807, 2.05) is 32.0 Å². The van der Waals surface area contributed by atoms with Crippen LogP contribution in [0, 0.1) is 13.8 Å². The number of carboxylic acids is 1. The van der Waals surface area contributed by atoms with Crippen LogP contribution in [0.3, 0.4) is 0 Å². The molecular weight excluding hydrogens is 264 g/mol. The zero-order valence-electron chi connectivity index (χ0n) is 10.6. The summed E-state index contributed by atoms with van der Waals surface area (Å²) in [4.78, 5) is 10.8. The third kappa shape index (κ3) is 3.06. The Balaban J connectivity index is 2.31. The van der Waals surface area contributed by atoms with E-state index in [0.29, 0.717) is 11.5 Å². The van der Waals surface area contributed by atoms with Gasteiger partial charge in [0.2, 0.25) is 0 Å². The van der Waals surface area contributed by atoms with Gasteiger partial charge in [0.25, 0.3) is 0 Å². The van der Waals surface area contributed by atoms with E-state index in [1.54, 1.807) is 6.07 Å². The van der Waals surface area contributed by atoms with Crippen LogP contribution in [0.15, 0.2) is 36.4 Å².